The summed E-state index contributed by atoms with van der Waals surface area (Å²) in [7, 11) is 0. The molecule has 4 aromatic carbocycles. The van der Waals surface area contributed by atoms with Crippen molar-refractivity contribution < 1.29 is 0 Å². The molecule has 0 atom stereocenters. The van der Waals surface area contributed by atoms with Crippen molar-refractivity contribution in [2.24, 2.45) is 0 Å². The van der Waals surface area contributed by atoms with Gasteiger partial charge in [-0.05, 0) is 72.1 Å². The number of para-hydroxylation sites is 2. The van der Waals surface area contributed by atoms with Gasteiger partial charge in [0.2, 0.25) is 0 Å². The van der Waals surface area contributed by atoms with Gasteiger partial charge in [-0.3, -0.25) is 4.57 Å². The quantitative estimate of drug-likeness (QED) is 0.236. The number of hydrogen-bond acceptors (Lipinski definition) is 3. The first-order valence-electron chi connectivity index (χ1n) is 13.4. The normalized spacial score (nSPS) is 12.5. The molecular formula is C35H25N5. The average molecular weight is 516 g/mol. The molecule has 40 heavy (non-hydrogen) atoms. The molecule has 1 aliphatic rings. The van der Waals surface area contributed by atoms with Gasteiger partial charge < -0.3 is 4.90 Å². The van der Waals surface area contributed by atoms with Gasteiger partial charge in [0.05, 0.1) is 34.3 Å². The predicted molar refractivity (Wildman–Crippen MR) is 164 cm³/mol. The molecule has 0 fully saturated rings. The topological polar surface area (TPSA) is 38.9 Å². The van der Waals surface area contributed by atoms with Gasteiger partial charge in [-0.15, -0.1) is 0 Å². The lowest BCUT2D eigenvalue weighted by molar-refractivity contribution is 0.880. The van der Waals surface area contributed by atoms with Crippen molar-refractivity contribution in [3.05, 3.63) is 138 Å². The van der Waals surface area contributed by atoms with Crippen LogP contribution in [0.3, 0.4) is 0 Å². The largest absolute Gasteiger partial charge is 0.309 e. The zero-order valence-corrected chi connectivity index (χ0v) is 21.9. The van der Waals surface area contributed by atoms with Gasteiger partial charge in [0, 0.05) is 28.9 Å². The number of rotatable bonds is 3. The van der Waals surface area contributed by atoms with Gasteiger partial charge in [-0.2, -0.15) is 5.10 Å². The van der Waals surface area contributed by atoms with Crippen LogP contribution in [0.15, 0.2) is 122 Å². The molecule has 5 heteroatoms. The lowest BCUT2D eigenvalue weighted by Crippen LogP contribution is -2.12. The van der Waals surface area contributed by atoms with Crippen molar-refractivity contribution in [3.63, 3.8) is 0 Å². The van der Waals surface area contributed by atoms with Crippen LogP contribution < -0.4 is 4.90 Å². The van der Waals surface area contributed by atoms with Crippen molar-refractivity contribution in [1.82, 2.24) is 19.3 Å². The summed E-state index contributed by atoms with van der Waals surface area (Å²) in [6.45, 7) is 2.06. The average Bonchev–Trinajstić information content (AvgIpc) is 3.53. The van der Waals surface area contributed by atoms with Crippen LogP contribution >= 0.6 is 0 Å². The molecule has 0 saturated carbocycles. The summed E-state index contributed by atoms with van der Waals surface area (Å²) in [5, 5.41) is 6.99. The molecule has 0 unspecified atom stereocenters. The fraction of sp³-hybridized carbons (Fsp3) is 0.0286. The van der Waals surface area contributed by atoms with Crippen LogP contribution in [0.5, 0.6) is 0 Å². The number of aromatic nitrogens is 4. The predicted octanol–water partition coefficient (Wildman–Crippen LogP) is 8.63. The highest BCUT2D eigenvalue weighted by molar-refractivity contribution is 6.10. The van der Waals surface area contributed by atoms with Gasteiger partial charge in [0.1, 0.15) is 5.82 Å². The molecule has 0 bridgehead atoms. The van der Waals surface area contributed by atoms with Gasteiger partial charge >= 0.3 is 0 Å². The second-order valence-corrected chi connectivity index (χ2v) is 10.2. The van der Waals surface area contributed by atoms with Gasteiger partial charge in [-0.25, -0.2) is 9.67 Å². The third kappa shape index (κ3) is 3.48. The highest BCUT2D eigenvalue weighted by Gasteiger charge is 2.22. The molecule has 0 N–H and O–H groups in total. The van der Waals surface area contributed by atoms with Gasteiger partial charge in [0.15, 0.2) is 0 Å². The molecule has 1 aliphatic heterocycles. The van der Waals surface area contributed by atoms with E-state index < -0.39 is 0 Å². The fourth-order valence-electron chi connectivity index (χ4n) is 5.81. The Kier molecular flexibility index (Phi) is 4.97. The van der Waals surface area contributed by atoms with Crippen molar-refractivity contribution in [3.8, 4) is 11.5 Å². The zero-order valence-electron chi connectivity index (χ0n) is 21.9. The van der Waals surface area contributed by atoms with Gasteiger partial charge in [-0.1, -0.05) is 66.7 Å². The SMILES string of the molecule is Cc1cnn(-c2ccc3c(c2)N(c2ccc4c5ccccc5n(-c5ccccn5)c4c2)c2ccccc2C=C3)c1. The molecular weight excluding hydrogens is 490 g/mol. The second-order valence-electron chi connectivity index (χ2n) is 10.2. The van der Waals surface area contributed by atoms with E-state index in [1.54, 1.807) is 0 Å². The zero-order chi connectivity index (χ0) is 26.6. The molecule has 0 aliphatic carbocycles. The summed E-state index contributed by atoms with van der Waals surface area (Å²) in [5.41, 5.74) is 10.0. The number of aryl methyl sites for hydroxylation is 1. The molecule has 0 amide bonds. The van der Waals surface area contributed by atoms with Gasteiger partial charge in [0.25, 0.3) is 0 Å². The maximum absolute atomic E-state index is 4.73. The summed E-state index contributed by atoms with van der Waals surface area (Å²) >= 11 is 0. The van der Waals surface area contributed by atoms with Crippen LogP contribution in [0.1, 0.15) is 16.7 Å². The Bertz CT molecular complexity index is 2080. The van der Waals surface area contributed by atoms with E-state index >= 15 is 0 Å². The molecule has 0 radical (unpaired) electrons. The smallest absolute Gasteiger partial charge is 0.137 e. The van der Waals surface area contributed by atoms with Crippen molar-refractivity contribution in [2.75, 3.05) is 4.90 Å². The number of anilines is 3. The van der Waals surface area contributed by atoms with Crippen molar-refractivity contribution >= 4 is 51.0 Å². The van der Waals surface area contributed by atoms with E-state index in [0.717, 1.165) is 50.7 Å². The van der Waals surface area contributed by atoms with Crippen LogP contribution in [0.2, 0.25) is 0 Å². The monoisotopic (exact) mass is 515 g/mol. The first kappa shape index (κ1) is 22.6. The number of nitrogens with zero attached hydrogens (tertiary/aromatic N) is 5. The Morgan fingerprint density at radius 3 is 2.25 bits per heavy atom. The van der Waals surface area contributed by atoms with Crippen LogP contribution in [0.4, 0.5) is 17.1 Å². The Labute approximate surface area is 231 Å². The van der Waals surface area contributed by atoms with E-state index in [1.165, 1.54) is 16.3 Å². The van der Waals surface area contributed by atoms with E-state index in [9.17, 15) is 0 Å². The van der Waals surface area contributed by atoms with E-state index in [-0.39, 0.29) is 0 Å². The standard InChI is InChI=1S/C35H25N5/c1-24-22-37-38(23-24)27-16-15-26-14-13-25-8-2-4-10-31(25)39(33(26)20-27)28-17-18-30-29-9-3-5-11-32(29)40(34(30)21-28)35-12-6-7-19-36-35/h2-23H,1H3. The van der Waals surface area contributed by atoms with Crippen LogP contribution in [0.25, 0.3) is 45.5 Å². The third-order valence-corrected chi connectivity index (χ3v) is 7.65. The molecule has 0 saturated heterocycles. The fourth-order valence-corrected chi connectivity index (χ4v) is 5.81. The number of hydrogen-bond donors (Lipinski definition) is 0. The van der Waals surface area contributed by atoms with Crippen LogP contribution in [-0.2, 0) is 0 Å². The maximum atomic E-state index is 4.73. The maximum Gasteiger partial charge on any atom is 0.137 e. The van der Waals surface area contributed by atoms with Crippen molar-refractivity contribution in [1.29, 1.82) is 0 Å². The van der Waals surface area contributed by atoms with Crippen molar-refractivity contribution in [2.45, 2.75) is 6.92 Å². The Morgan fingerprint density at radius 2 is 1.40 bits per heavy atom. The highest BCUT2D eigenvalue weighted by atomic mass is 15.3. The summed E-state index contributed by atoms with van der Waals surface area (Å²) in [4.78, 5) is 7.09. The second kappa shape index (κ2) is 8.82. The third-order valence-electron chi connectivity index (χ3n) is 7.65. The summed E-state index contributed by atoms with van der Waals surface area (Å²) < 4.78 is 4.20. The van der Waals surface area contributed by atoms with E-state index in [1.807, 2.05) is 29.2 Å². The lowest BCUT2D eigenvalue weighted by atomic mass is 10.1. The summed E-state index contributed by atoms with van der Waals surface area (Å²) in [5.74, 6) is 0.903. The van der Waals surface area contributed by atoms with E-state index in [0.29, 0.717) is 0 Å². The first-order valence-corrected chi connectivity index (χ1v) is 13.4. The molecule has 190 valence electrons. The number of benzene rings is 4. The molecule has 8 rings (SSSR count). The van der Waals surface area contributed by atoms with E-state index in [2.05, 4.69) is 131 Å². The molecule has 3 aromatic heterocycles. The van der Waals surface area contributed by atoms with E-state index in [4.69, 9.17) is 4.98 Å². The van der Waals surface area contributed by atoms with Crippen LogP contribution in [-0.4, -0.2) is 19.3 Å². The number of fused-ring (bicyclic) bond motifs is 5. The molecule has 4 heterocycles. The van der Waals surface area contributed by atoms with Crippen LogP contribution in [0, 0.1) is 6.92 Å². The minimum Gasteiger partial charge on any atom is -0.309 e. The summed E-state index contributed by atoms with van der Waals surface area (Å²) in [6.07, 6.45) is 10.2. The molecule has 0 spiro atoms. The first-order chi connectivity index (χ1) is 19.7. The molecule has 7 aromatic rings. The Balaban J connectivity index is 1.41. The summed E-state index contributed by atoms with van der Waals surface area (Å²) in [6, 6.07) is 36.5. The lowest BCUT2D eigenvalue weighted by Gasteiger charge is -2.28. The Morgan fingerprint density at radius 1 is 0.625 bits per heavy atom. The minimum atomic E-state index is 0.903. The Hall–Kier alpha value is -5.42. The molecule has 5 nitrogen and oxygen atoms in total. The number of pyridine rings is 1. The highest BCUT2D eigenvalue weighted by Crippen LogP contribution is 2.44. The minimum absolute atomic E-state index is 0.903.